The monoisotopic (exact) mass is 277 g/mol. The van der Waals surface area contributed by atoms with Gasteiger partial charge in [-0.3, -0.25) is 4.90 Å². The van der Waals surface area contributed by atoms with Crippen molar-refractivity contribution in [2.75, 3.05) is 13.2 Å². The molecule has 1 aliphatic heterocycles. The summed E-state index contributed by atoms with van der Waals surface area (Å²) in [5.74, 6) is 0.144. The third-order valence-electron chi connectivity index (χ3n) is 3.91. The van der Waals surface area contributed by atoms with E-state index in [2.05, 4.69) is 16.1 Å². The van der Waals surface area contributed by atoms with Gasteiger partial charge in [0.2, 0.25) is 0 Å². The lowest BCUT2D eigenvalue weighted by molar-refractivity contribution is 0.210. The summed E-state index contributed by atoms with van der Waals surface area (Å²) in [7, 11) is 0. The number of nitrogens with two attached hydrogens (primary N) is 1. The SMILES string of the molecule is NC(=NO)c1cccc(CN2CCCC2CCCO)c1. The quantitative estimate of drug-likeness (QED) is 0.319. The van der Waals surface area contributed by atoms with Crippen molar-refractivity contribution in [2.45, 2.75) is 38.3 Å². The second kappa shape index (κ2) is 7.26. The Bertz CT molecular complexity index is 462. The molecule has 110 valence electrons. The number of nitrogens with zero attached hydrogens (tertiary/aromatic N) is 2. The van der Waals surface area contributed by atoms with E-state index in [0.717, 1.165) is 31.5 Å². The predicted octanol–water partition coefficient (Wildman–Crippen LogP) is 1.52. The first kappa shape index (κ1) is 14.8. The van der Waals surface area contributed by atoms with Crippen LogP contribution >= 0.6 is 0 Å². The summed E-state index contributed by atoms with van der Waals surface area (Å²) in [6, 6.07) is 8.37. The maximum absolute atomic E-state index is 8.96. The summed E-state index contributed by atoms with van der Waals surface area (Å²) in [5.41, 5.74) is 7.54. The van der Waals surface area contributed by atoms with E-state index in [1.54, 1.807) is 0 Å². The Morgan fingerprint density at radius 1 is 1.45 bits per heavy atom. The van der Waals surface area contributed by atoms with E-state index in [0.29, 0.717) is 6.04 Å². The second-order valence-electron chi connectivity index (χ2n) is 5.32. The molecule has 1 fully saturated rings. The van der Waals surface area contributed by atoms with Crippen LogP contribution in [0.15, 0.2) is 29.4 Å². The Morgan fingerprint density at radius 3 is 3.05 bits per heavy atom. The Kier molecular flexibility index (Phi) is 5.38. The first-order valence-electron chi connectivity index (χ1n) is 7.16. The molecule has 0 aromatic heterocycles. The highest BCUT2D eigenvalue weighted by Crippen LogP contribution is 2.23. The van der Waals surface area contributed by atoms with Crippen molar-refractivity contribution in [3.05, 3.63) is 35.4 Å². The highest BCUT2D eigenvalue weighted by atomic mass is 16.4. The fourth-order valence-corrected chi connectivity index (χ4v) is 2.88. The lowest BCUT2D eigenvalue weighted by Crippen LogP contribution is -2.29. The van der Waals surface area contributed by atoms with E-state index in [-0.39, 0.29) is 12.4 Å². The Morgan fingerprint density at radius 2 is 2.30 bits per heavy atom. The molecule has 20 heavy (non-hydrogen) atoms. The number of aliphatic hydroxyl groups excluding tert-OH is 1. The molecule has 4 N–H and O–H groups in total. The molecule has 0 aliphatic carbocycles. The second-order valence-corrected chi connectivity index (χ2v) is 5.32. The van der Waals surface area contributed by atoms with Crippen LogP contribution in [0.1, 0.15) is 36.8 Å². The van der Waals surface area contributed by atoms with Gasteiger partial charge in [-0.05, 0) is 43.9 Å². The molecule has 1 heterocycles. The largest absolute Gasteiger partial charge is 0.409 e. The highest BCUT2D eigenvalue weighted by molar-refractivity contribution is 5.97. The molecule has 1 aromatic carbocycles. The van der Waals surface area contributed by atoms with Crippen molar-refractivity contribution >= 4 is 5.84 Å². The molecule has 0 bridgehead atoms. The molecule has 1 aliphatic rings. The number of likely N-dealkylation sites (tertiary alicyclic amines) is 1. The lowest BCUT2D eigenvalue weighted by Gasteiger charge is -2.24. The summed E-state index contributed by atoms with van der Waals surface area (Å²) in [6.45, 7) is 2.25. The van der Waals surface area contributed by atoms with Crippen LogP contribution in [0.3, 0.4) is 0 Å². The van der Waals surface area contributed by atoms with Crippen LogP contribution in [0.25, 0.3) is 0 Å². The maximum atomic E-state index is 8.96. The third-order valence-corrected chi connectivity index (χ3v) is 3.91. The Balaban J connectivity index is 2.02. The molecule has 5 heteroatoms. The first-order chi connectivity index (χ1) is 9.74. The van der Waals surface area contributed by atoms with Crippen LogP contribution < -0.4 is 5.73 Å². The summed E-state index contributed by atoms with van der Waals surface area (Å²) in [6.07, 6.45) is 4.34. The minimum absolute atomic E-state index is 0.144. The lowest BCUT2D eigenvalue weighted by atomic mass is 10.1. The van der Waals surface area contributed by atoms with Crippen molar-refractivity contribution in [1.29, 1.82) is 0 Å². The van der Waals surface area contributed by atoms with Gasteiger partial charge in [-0.15, -0.1) is 0 Å². The molecular formula is C15H23N3O2. The zero-order valence-corrected chi connectivity index (χ0v) is 11.7. The number of rotatable bonds is 6. The van der Waals surface area contributed by atoms with E-state index in [1.165, 1.54) is 18.4 Å². The van der Waals surface area contributed by atoms with Gasteiger partial charge >= 0.3 is 0 Å². The van der Waals surface area contributed by atoms with Crippen LogP contribution in [-0.4, -0.2) is 40.2 Å². The van der Waals surface area contributed by atoms with Crippen molar-refractivity contribution < 1.29 is 10.3 Å². The first-order valence-corrected chi connectivity index (χ1v) is 7.16. The van der Waals surface area contributed by atoms with Gasteiger partial charge in [0.1, 0.15) is 0 Å². The van der Waals surface area contributed by atoms with E-state index >= 15 is 0 Å². The van der Waals surface area contributed by atoms with Crippen molar-refractivity contribution in [3.8, 4) is 0 Å². The number of oxime groups is 1. The molecule has 1 atom stereocenters. The van der Waals surface area contributed by atoms with Crippen molar-refractivity contribution in [2.24, 2.45) is 10.9 Å². The van der Waals surface area contributed by atoms with Gasteiger partial charge in [0.05, 0.1) is 0 Å². The zero-order valence-electron chi connectivity index (χ0n) is 11.7. The zero-order chi connectivity index (χ0) is 14.4. The van der Waals surface area contributed by atoms with Crippen LogP contribution in [-0.2, 0) is 6.54 Å². The minimum atomic E-state index is 0.144. The van der Waals surface area contributed by atoms with Crippen LogP contribution in [0.5, 0.6) is 0 Å². The maximum Gasteiger partial charge on any atom is 0.170 e. The van der Waals surface area contributed by atoms with E-state index in [4.69, 9.17) is 16.0 Å². The molecule has 1 saturated heterocycles. The van der Waals surface area contributed by atoms with Gasteiger partial charge in [0, 0.05) is 24.8 Å². The fourth-order valence-electron chi connectivity index (χ4n) is 2.88. The number of aliphatic hydroxyl groups is 1. The van der Waals surface area contributed by atoms with Gasteiger partial charge in [-0.25, -0.2) is 0 Å². The topological polar surface area (TPSA) is 82.1 Å². The van der Waals surface area contributed by atoms with E-state index < -0.39 is 0 Å². The molecule has 0 saturated carbocycles. The summed E-state index contributed by atoms with van der Waals surface area (Å²) in [4.78, 5) is 2.46. The van der Waals surface area contributed by atoms with Crippen LogP contribution in [0.4, 0.5) is 0 Å². The van der Waals surface area contributed by atoms with E-state index in [1.807, 2.05) is 18.2 Å². The van der Waals surface area contributed by atoms with Gasteiger partial charge in [0.25, 0.3) is 0 Å². The average molecular weight is 277 g/mol. The van der Waals surface area contributed by atoms with Crippen molar-refractivity contribution in [1.82, 2.24) is 4.90 Å². The minimum Gasteiger partial charge on any atom is -0.409 e. The number of hydrogen-bond acceptors (Lipinski definition) is 4. The van der Waals surface area contributed by atoms with Gasteiger partial charge in [-0.1, -0.05) is 23.4 Å². The van der Waals surface area contributed by atoms with E-state index in [9.17, 15) is 0 Å². The molecule has 0 amide bonds. The predicted molar refractivity (Wildman–Crippen MR) is 78.7 cm³/mol. The fraction of sp³-hybridized carbons (Fsp3) is 0.533. The number of amidine groups is 1. The summed E-state index contributed by atoms with van der Waals surface area (Å²) in [5, 5.41) is 20.7. The third kappa shape index (κ3) is 3.71. The van der Waals surface area contributed by atoms with Gasteiger partial charge < -0.3 is 16.0 Å². The van der Waals surface area contributed by atoms with Crippen LogP contribution in [0, 0.1) is 0 Å². The standard InChI is InChI=1S/C15H23N3O2/c16-15(17-20)13-5-1-4-12(10-13)11-18-8-2-6-14(18)7-3-9-19/h1,4-5,10,14,19-20H,2-3,6-9,11H2,(H2,16,17). The highest BCUT2D eigenvalue weighted by Gasteiger charge is 2.23. The Labute approximate surface area is 119 Å². The molecule has 0 radical (unpaired) electrons. The smallest absolute Gasteiger partial charge is 0.170 e. The average Bonchev–Trinajstić information content (AvgIpc) is 2.91. The van der Waals surface area contributed by atoms with Crippen molar-refractivity contribution in [3.63, 3.8) is 0 Å². The molecular weight excluding hydrogens is 254 g/mol. The number of hydrogen-bond donors (Lipinski definition) is 3. The van der Waals surface area contributed by atoms with Gasteiger partial charge in [-0.2, -0.15) is 0 Å². The van der Waals surface area contributed by atoms with Crippen LogP contribution in [0.2, 0.25) is 0 Å². The summed E-state index contributed by atoms with van der Waals surface area (Å²) >= 11 is 0. The molecule has 1 aromatic rings. The molecule has 0 spiro atoms. The molecule has 1 unspecified atom stereocenters. The Hall–Kier alpha value is -1.59. The number of benzene rings is 1. The summed E-state index contributed by atoms with van der Waals surface area (Å²) < 4.78 is 0. The molecule has 2 rings (SSSR count). The normalized spacial score (nSPS) is 20.4. The van der Waals surface area contributed by atoms with Gasteiger partial charge in [0.15, 0.2) is 5.84 Å². The molecule has 5 nitrogen and oxygen atoms in total.